The fourth-order valence-electron chi connectivity index (χ4n) is 2.14. The lowest BCUT2D eigenvalue weighted by Gasteiger charge is -2.05. The molecule has 0 saturated heterocycles. The molecule has 0 aliphatic heterocycles. The molecule has 3 rings (SSSR count). The number of halogens is 1. The third-order valence-electron chi connectivity index (χ3n) is 3.13. The van der Waals surface area contributed by atoms with Crippen molar-refractivity contribution in [2.75, 3.05) is 12.4 Å². The van der Waals surface area contributed by atoms with Gasteiger partial charge in [-0.1, -0.05) is 41.7 Å². The van der Waals surface area contributed by atoms with Crippen molar-refractivity contribution in [3.63, 3.8) is 0 Å². The van der Waals surface area contributed by atoms with Crippen LogP contribution in [0, 0.1) is 0 Å². The molecule has 0 aliphatic rings. The number of aliphatic hydroxyl groups is 1. The van der Waals surface area contributed by atoms with Crippen LogP contribution in [-0.4, -0.2) is 28.2 Å². The number of rotatable bonds is 4. The molecule has 0 fully saturated rings. The van der Waals surface area contributed by atoms with Crippen molar-refractivity contribution < 1.29 is 5.11 Å². The molecule has 0 bridgehead atoms. The summed E-state index contributed by atoms with van der Waals surface area (Å²) in [6.07, 6.45) is -0.610. The summed E-state index contributed by atoms with van der Waals surface area (Å²) in [4.78, 5) is 5.40. The van der Waals surface area contributed by atoms with E-state index in [0.29, 0.717) is 6.54 Å². The number of aromatic nitrogens is 1. The first-order valence-corrected chi connectivity index (χ1v) is 8.05. The van der Waals surface area contributed by atoms with Crippen molar-refractivity contribution in [2.24, 2.45) is 4.99 Å². The Bertz CT molecular complexity index is 795. The van der Waals surface area contributed by atoms with Crippen LogP contribution >= 0.6 is 22.9 Å². The molecular weight excluding hydrogens is 304 g/mol. The monoisotopic (exact) mass is 318 g/mol. The molecule has 3 nitrogen and oxygen atoms in total. The smallest absolute Gasteiger partial charge is 0.190 e. The number of alkyl halides is 1. The van der Waals surface area contributed by atoms with Crippen molar-refractivity contribution in [3.8, 4) is 5.69 Å². The number of nitrogens with zero attached hydrogens (tertiary/aromatic N) is 2. The summed E-state index contributed by atoms with van der Waals surface area (Å²) in [7, 11) is 0. The number of hydrogen-bond acceptors (Lipinski definition) is 3. The van der Waals surface area contributed by atoms with E-state index in [4.69, 9.17) is 11.6 Å². The molecule has 0 unspecified atom stereocenters. The van der Waals surface area contributed by atoms with Crippen molar-refractivity contribution in [1.29, 1.82) is 0 Å². The van der Waals surface area contributed by atoms with Crippen LogP contribution in [0.4, 0.5) is 0 Å². The minimum Gasteiger partial charge on any atom is -0.390 e. The summed E-state index contributed by atoms with van der Waals surface area (Å²) in [6, 6.07) is 18.3. The van der Waals surface area contributed by atoms with Gasteiger partial charge < -0.3 is 5.11 Å². The fraction of sp³-hybridized carbons (Fsp3) is 0.188. The van der Waals surface area contributed by atoms with Crippen LogP contribution in [0.2, 0.25) is 0 Å². The Morgan fingerprint density at radius 1 is 1.10 bits per heavy atom. The normalized spacial score (nSPS) is 13.7. The Morgan fingerprint density at radius 2 is 1.81 bits per heavy atom. The third kappa shape index (κ3) is 3.02. The maximum absolute atomic E-state index is 9.63. The van der Waals surface area contributed by atoms with Gasteiger partial charge in [0.25, 0.3) is 0 Å². The number of aliphatic hydroxyl groups excluding tert-OH is 1. The van der Waals surface area contributed by atoms with Gasteiger partial charge in [-0.3, -0.25) is 9.56 Å². The Labute approximate surface area is 131 Å². The van der Waals surface area contributed by atoms with Crippen molar-refractivity contribution in [2.45, 2.75) is 6.10 Å². The third-order valence-corrected chi connectivity index (χ3v) is 4.54. The molecule has 1 atom stereocenters. The lowest BCUT2D eigenvalue weighted by Crippen LogP contribution is -2.18. The largest absolute Gasteiger partial charge is 0.390 e. The van der Waals surface area contributed by atoms with Crippen LogP contribution in [0.25, 0.3) is 15.9 Å². The first-order chi connectivity index (χ1) is 10.3. The number of hydrogen-bond donors (Lipinski definition) is 1. The second kappa shape index (κ2) is 6.43. The molecule has 0 amide bonds. The van der Waals surface area contributed by atoms with E-state index in [1.165, 1.54) is 4.70 Å². The second-order valence-corrected chi connectivity index (χ2v) is 5.99. The molecule has 108 valence electrons. The zero-order chi connectivity index (χ0) is 14.7. The van der Waals surface area contributed by atoms with Gasteiger partial charge >= 0.3 is 0 Å². The van der Waals surface area contributed by atoms with E-state index in [9.17, 15) is 5.11 Å². The topological polar surface area (TPSA) is 37.5 Å². The highest BCUT2D eigenvalue weighted by Crippen LogP contribution is 2.20. The molecule has 0 radical (unpaired) electrons. The van der Waals surface area contributed by atoms with E-state index in [1.54, 1.807) is 11.3 Å². The zero-order valence-electron chi connectivity index (χ0n) is 11.3. The summed E-state index contributed by atoms with van der Waals surface area (Å²) in [6.45, 7) is 0.309. The molecule has 0 aliphatic carbocycles. The van der Waals surface area contributed by atoms with Gasteiger partial charge in [0.2, 0.25) is 0 Å². The average molecular weight is 319 g/mol. The Balaban J connectivity index is 2.20. The second-order valence-electron chi connectivity index (χ2n) is 4.67. The van der Waals surface area contributed by atoms with Gasteiger partial charge in [0.1, 0.15) is 0 Å². The Kier molecular flexibility index (Phi) is 4.39. The SMILES string of the molecule is O[C@H](CCl)CN=c1sc2ccccc2n1-c1ccccc1. The Hall–Kier alpha value is -1.62. The highest BCUT2D eigenvalue weighted by Gasteiger charge is 2.08. The minimum atomic E-state index is -0.610. The molecule has 0 saturated carbocycles. The number of fused-ring (bicyclic) bond motifs is 1. The van der Waals surface area contributed by atoms with Crippen LogP contribution in [0.5, 0.6) is 0 Å². The predicted molar refractivity (Wildman–Crippen MR) is 88.3 cm³/mol. The van der Waals surface area contributed by atoms with Gasteiger partial charge in [0.05, 0.1) is 28.7 Å². The van der Waals surface area contributed by atoms with Crippen LogP contribution in [0.15, 0.2) is 59.6 Å². The molecule has 1 aromatic heterocycles. The van der Waals surface area contributed by atoms with E-state index < -0.39 is 6.10 Å². The van der Waals surface area contributed by atoms with Gasteiger partial charge in [-0.15, -0.1) is 11.6 Å². The van der Waals surface area contributed by atoms with E-state index in [0.717, 1.165) is 16.0 Å². The van der Waals surface area contributed by atoms with Gasteiger partial charge in [-0.05, 0) is 24.3 Å². The number of benzene rings is 2. The lowest BCUT2D eigenvalue weighted by molar-refractivity contribution is 0.206. The van der Waals surface area contributed by atoms with Crippen LogP contribution < -0.4 is 4.80 Å². The average Bonchev–Trinajstić information content (AvgIpc) is 2.91. The Morgan fingerprint density at radius 3 is 2.57 bits per heavy atom. The quantitative estimate of drug-likeness (QED) is 0.737. The highest BCUT2D eigenvalue weighted by atomic mass is 35.5. The predicted octanol–water partition coefficient (Wildman–Crippen LogP) is 3.19. The molecule has 5 heteroatoms. The fourth-order valence-corrected chi connectivity index (χ4v) is 3.28. The molecular formula is C16H15ClN2OS. The van der Waals surface area contributed by atoms with Gasteiger partial charge in [-0.25, -0.2) is 0 Å². The molecule has 2 aromatic carbocycles. The first kappa shape index (κ1) is 14.3. The zero-order valence-corrected chi connectivity index (χ0v) is 12.9. The summed E-state index contributed by atoms with van der Waals surface area (Å²) in [5.74, 6) is 0.194. The van der Waals surface area contributed by atoms with Crippen molar-refractivity contribution in [3.05, 3.63) is 59.4 Å². The molecule has 21 heavy (non-hydrogen) atoms. The van der Waals surface area contributed by atoms with Gasteiger partial charge in [0, 0.05) is 5.69 Å². The van der Waals surface area contributed by atoms with Gasteiger partial charge in [0.15, 0.2) is 4.80 Å². The van der Waals surface area contributed by atoms with Gasteiger partial charge in [-0.2, -0.15) is 0 Å². The van der Waals surface area contributed by atoms with Crippen molar-refractivity contribution >= 4 is 33.2 Å². The van der Waals surface area contributed by atoms with Crippen molar-refractivity contribution in [1.82, 2.24) is 4.57 Å². The summed E-state index contributed by atoms with van der Waals surface area (Å²) < 4.78 is 3.28. The molecule has 1 N–H and O–H groups in total. The standard InChI is InChI=1S/C16H15ClN2OS/c17-10-13(20)11-18-16-19(12-6-2-1-3-7-12)14-8-4-5-9-15(14)21-16/h1-9,13,20H,10-11H2/t13-/m1/s1. The van der Waals surface area contributed by atoms with E-state index in [-0.39, 0.29) is 5.88 Å². The maximum atomic E-state index is 9.63. The lowest BCUT2D eigenvalue weighted by atomic mass is 10.3. The summed E-state index contributed by atoms with van der Waals surface area (Å²) in [5.41, 5.74) is 2.18. The summed E-state index contributed by atoms with van der Waals surface area (Å²) in [5, 5.41) is 9.63. The minimum absolute atomic E-state index is 0.194. The van der Waals surface area contributed by atoms with E-state index >= 15 is 0 Å². The number of thiazole rings is 1. The molecule has 0 spiro atoms. The van der Waals surface area contributed by atoms with Crippen LogP contribution in [0.1, 0.15) is 0 Å². The highest BCUT2D eigenvalue weighted by molar-refractivity contribution is 7.16. The summed E-state index contributed by atoms with van der Waals surface area (Å²) >= 11 is 7.25. The molecule has 3 aromatic rings. The maximum Gasteiger partial charge on any atom is 0.190 e. The first-order valence-electron chi connectivity index (χ1n) is 6.70. The number of para-hydroxylation sites is 2. The van der Waals surface area contributed by atoms with E-state index in [1.807, 2.05) is 30.3 Å². The molecule has 1 heterocycles. The van der Waals surface area contributed by atoms with E-state index in [2.05, 4.69) is 33.8 Å². The van der Waals surface area contributed by atoms with Crippen LogP contribution in [-0.2, 0) is 0 Å². The van der Waals surface area contributed by atoms with Crippen LogP contribution in [0.3, 0.4) is 0 Å².